The van der Waals surface area contributed by atoms with Crippen LogP contribution in [0.4, 0.5) is 5.69 Å². The van der Waals surface area contributed by atoms with Crippen LogP contribution in [-0.2, 0) is 6.42 Å². The number of hydrogen-bond donors (Lipinski definition) is 1. The summed E-state index contributed by atoms with van der Waals surface area (Å²) in [4.78, 5) is 2.59. The van der Waals surface area contributed by atoms with Crippen molar-refractivity contribution in [2.75, 3.05) is 24.5 Å². The van der Waals surface area contributed by atoms with Crippen LogP contribution in [0.25, 0.3) is 0 Å². The fraction of sp³-hybridized carbons (Fsp3) is 0.667. The fourth-order valence-corrected chi connectivity index (χ4v) is 3.12. The van der Waals surface area contributed by atoms with E-state index in [9.17, 15) is 0 Å². The Kier molecular flexibility index (Phi) is 5.90. The molecule has 0 bridgehead atoms. The molecule has 1 aromatic carbocycles. The van der Waals surface area contributed by atoms with Gasteiger partial charge in [0.2, 0.25) is 0 Å². The van der Waals surface area contributed by atoms with Crippen LogP contribution in [0, 0.1) is 6.92 Å². The number of fused-ring (bicyclic) bond motifs is 1. The molecule has 0 spiro atoms. The van der Waals surface area contributed by atoms with Crippen LogP contribution in [0.1, 0.15) is 50.7 Å². The summed E-state index contributed by atoms with van der Waals surface area (Å²) in [6.45, 7) is 10.3. The fourth-order valence-electron chi connectivity index (χ4n) is 3.12. The van der Waals surface area contributed by atoms with Gasteiger partial charge in [-0.15, -0.1) is 0 Å². The predicted octanol–water partition coefficient (Wildman–Crippen LogP) is 3.92. The van der Waals surface area contributed by atoms with Crippen LogP contribution in [-0.4, -0.2) is 25.7 Å². The molecule has 0 amide bonds. The number of hydrogen-bond acceptors (Lipinski definition) is 2. The highest BCUT2D eigenvalue weighted by Crippen LogP contribution is 2.28. The number of aryl methyl sites for hydroxylation is 2. The molecule has 1 unspecified atom stereocenters. The molecule has 0 aliphatic carbocycles. The highest BCUT2D eigenvalue weighted by atomic mass is 15.1. The number of nitrogens with one attached hydrogen (secondary N) is 1. The summed E-state index contributed by atoms with van der Waals surface area (Å²) in [7, 11) is 0. The molecule has 1 aliphatic rings. The van der Waals surface area contributed by atoms with E-state index in [1.165, 1.54) is 56.4 Å². The summed E-state index contributed by atoms with van der Waals surface area (Å²) in [5.41, 5.74) is 4.42. The SMILES string of the molecule is CCCNC(C)CCCN1CCCc2cc(C)ccc21. The van der Waals surface area contributed by atoms with Gasteiger partial charge in [0.1, 0.15) is 0 Å². The second kappa shape index (κ2) is 7.68. The van der Waals surface area contributed by atoms with Crippen molar-refractivity contribution in [3.8, 4) is 0 Å². The Balaban J connectivity index is 1.83. The Morgan fingerprint density at radius 3 is 3.00 bits per heavy atom. The first-order valence-electron chi connectivity index (χ1n) is 8.28. The van der Waals surface area contributed by atoms with Gasteiger partial charge in [-0.1, -0.05) is 24.6 Å². The maximum absolute atomic E-state index is 3.58. The molecule has 2 nitrogen and oxygen atoms in total. The van der Waals surface area contributed by atoms with E-state index in [4.69, 9.17) is 0 Å². The van der Waals surface area contributed by atoms with Crippen LogP contribution in [0.3, 0.4) is 0 Å². The number of anilines is 1. The molecule has 1 N–H and O–H groups in total. The van der Waals surface area contributed by atoms with Gasteiger partial charge in [-0.25, -0.2) is 0 Å². The largest absolute Gasteiger partial charge is 0.371 e. The van der Waals surface area contributed by atoms with E-state index >= 15 is 0 Å². The van der Waals surface area contributed by atoms with Gasteiger partial charge in [0.05, 0.1) is 0 Å². The normalized spacial score (nSPS) is 16.1. The maximum atomic E-state index is 3.58. The van der Waals surface area contributed by atoms with Crippen molar-refractivity contribution in [2.45, 2.75) is 58.9 Å². The summed E-state index contributed by atoms with van der Waals surface area (Å²) < 4.78 is 0. The molecule has 0 saturated heterocycles. The van der Waals surface area contributed by atoms with Crippen LogP contribution >= 0.6 is 0 Å². The van der Waals surface area contributed by atoms with Crippen LogP contribution in [0.2, 0.25) is 0 Å². The highest BCUT2D eigenvalue weighted by molar-refractivity contribution is 5.56. The molecule has 0 aromatic heterocycles. The van der Waals surface area contributed by atoms with Gasteiger partial charge in [-0.05, 0) is 64.1 Å². The summed E-state index contributed by atoms with van der Waals surface area (Å²) in [6.07, 6.45) is 6.34. The van der Waals surface area contributed by atoms with Gasteiger partial charge in [0.25, 0.3) is 0 Å². The summed E-state index contributed by atoms with van der Waals surface area (Å²) >= 11 is 0. The summed E-state index contributed by atoms with van der Waals surface area (Å²) in [5.74, 6) is 0. The first kappa shape index (κ1) is 15.4. The average molecular weight is 274 g/mol. The van der Waals surface area contributed by atoms with Gasteiger partial charge in [-0.2, -0.15) is 0 Å². The minimum absolute atomic E-state index is 0.650. The predicted molar refractivity (Wildman–Crippen MR) is 88.7 cm³/mol. The topological polar surface area (TPSA) is 15.3 Å². The Bertz CT molecular complexity index is 414. The molecule has 20 heavy (non-hydrogen) atoms. The van der Waals surface area contributed by atoms with Crippen LogP contribution < -0.4 is 10.2 Å². The number of nitrogens with zero attached hydrogens (tertiary/aromatic N) is 1. The van der Waals surface area contributed by atoms with E-state index in [-0.39, 0.29) is 0 Å². The minimum Gasteiger partial charge on any atom is -0.371 e. The van der Waals surface area contributed by atoms with E-state index in [2.05, 4.69) is 49.2 Å². The van der Waals surface area contributed by atoms with Gasteiger partial charge in [-0.3, -0.25) is 0 Å². The second-order valence-electron chi connectivity index (χ2n) is 6.22. The Labute approximate surface area is 124 Å². The van der Waals surface area contributed by atoms with Crippen molar-refractivity contribution >= 4 is 5.69 Å². The van der Waals surface area contributed by atoms with Crippen molar-refractivity contribution in [3.05, 3.63) is 29.3 Å². The molecule has 1 atom stereocenters. The van der Waals surface area contributed by atoms with E-state index in [1.54, 1.807) is 5.56 Å². The van der Waals surface area contributed by atoms with Gasteiger partial charge in [0, 0.05) is 24.8 Å². The third-order valence-corrected chi connectivity index (χ3v) is 4.26. The van der Waals surface area contributed by atoms with E-state index in [1.807, 2.05) is 0 Å². The van der Waals surface area contributed by atoms with Crippen molar-refractivity contribution < 1.29 is 0 Å². The first-order valence-corrected chi connectivity index (χ1v) is 8.28. The van der Waals surface area contributed by atoms with Gasteiger partial charge < -0.3 is 10.2 Å². The minimum atomic E-state index is 0.650. The van der Waals surface area contributed by atoms with Crippen molar-refractivity contribution in [1.29, 1.82) is 0 Å². The Morgan fingerprint density at radius 2 is 2.20 bits per heavy atom. The molecule has 0 fully saturated rings. The summed E-state index contributed by atoms with van der Waals surface area (Å²) in [5, 5.41) is 3.58. The van der Waals surface area contributed by atoms with Gasteiger partial charge in [0.15, 0.2) is 0 Å². The van der Waals surface area contributed by atoms with Gasteiger partial charge >= 0.3 is 0 Å². The zero-order valence-electron chi connectivity index (χ0n) is 13.4. The van der Waals surface area contributed by atoms with E-state index in [0.717, 1.165) is 6.54 Å². The molecule has 0 saturated carbocycles. The smallest absolute Gasteiger partial charge is 0.0398 e. The lowest BCUT2D eigenvalue weighted by molar-refractivity contribution is 0.494. The van der Waals surface area contributed by atoms with Crippen molar-refractivity contribution in [1.82, 2.24) is 5.32 Å². The number of rotatable bonds is 7. The lowest BCUT2D eigenvalue weighted by Crippen LogP contribution is -2.32. The van der Waals surface area contributed by atoms with Crippen LogP contribution in [0.15, 0.2) is 18.2 Å². The lowest BCUT2D eigenvalue weighted by atomic mass is 9.99. The Hall–Kier alpha value is -1.02. The third-order valence-electron chi connectivity index (χ3n) is 4.26. The van der Waals surface area contributed by atoms with E-state index in [0.29, 0.717) is 6.04 Å². The van der Waals surface area contributed by atoms with Crippen molar-refractivity contribution in [3.63, 3.8) is 0 Å². The molecule has 2 heteroatoms. The second-order valence-corrected chi connectivity index (χ2v) is 6.22. The average Bonchev–Trinajstić information content (AvgIpc) is 2.45. The molecular formula is C18H30N2. The molecule has 1 aromatic rings. The standard InChI is InChI=1S/C18H30N2/c1-4-11-19-16(3)7-5-12-20-13-6-8-17-14-15(2)9-10-18(17)20/h9-10,14,16,19H,4-8,11-13H2,1-3H3. The molecular weight excluding hydrogens is 244 g/mol. The van der Waals surface area contributed by atoms with E-state index < -0.39 is 0 Å². The molecule has 1 heterocycles. The molecule has 112 valence electrons. The summed E-state index contributed by atoms with van der Waals surface area (Å²) in [6, 6.07) is 7.59. The number of benzene rings is 1. The zero-order chi connectivity index (χ0) is 14.4. The van der Waals surface area contributed by atoms with Crippen molar-refractivity contribution in [2.24, 2.45) is 0 Å². The maximum Gasteiger partial charge on any atom is 0.0398 e. The first-order chi connectivity index (χ1) is 9.70. The molecule has 2 rings (SSSR count). The quantitative estimate of drug-likeness (QED) is 0.811. The monoisotopic (exact) mass is 274 g/mol. The molecule has 1 aliphatic heterocycles. The lowest BCUT2D eigenvalue weighted by Gasteiger charge is -2.32. The molecule has 0 radical (unpaired) electrons. The zero-order valence-corrected chi connectivity index (χ0v) is 13.4. The Morgan fingerprint density at radius 1 is 1.35 bits per heavy atom. The highest BCUT2D eigenvalue weighted by Gasteiger charge is 2.16. The van der Waals surface area contributed by atoms with Crippen LogP contribution in [0.5, 0.6) is 0 Å². The third kappa shape index (κ3) is 4.24.